The summed E-state index contributed by atoms with van der Waals surface area (Å²) in [5, 5.41) is 30.6. The van der Waals surface area contributed by atoms with Crippen LogP contribution in [0.3, 0.4) is 0 Å². The van der Waals surface area contributed by atoms with Crippen molar-refractivity contribution in [1.82, 2.24) is 0 Å². The van der Waals surface area contributed by atoms with Crippen LogP contribution in [0.2, 0.25) is 0 Å². The van der Waals surface area contributed by atoms with Gasteiger partial charge in [-0.15, -0.1) is 0 Å². The van der Waals surface area contributed by atoms with Gasteiger partial charge in [0.1, 0.15) is 17.2 Å². The molecule has 0 atom stereocenters. The second-order valence-corrected chi connectivity index (χ2v) is 8.68. The van der Waals surface area contributed by atoms with Gasteiger partial charge in [0, 0.05) is 5.92 Å². The molecule has 3 heteroatoms. The summed E-state index contributed by atoms with van der Waals surface area (Å²) in [4.78, 5) is 0. The number of aryl methyl sites for hydroxylation is 7. The van der Waals surface area contributed by atoms with Crippen molar-refractivity contribution in [3.63, 3.8) is 0 Å². The maximum absolute atomic E-state index is 10.2. The SMILES string of the molecule is Cc1cc(CCC(c2cc(C)c(O)c(C)c2)c2cc(C)c(O)c(C)c2)cc(C)c1O. The molecule has 0 fully saturated rings. The van der Waals surface area contributed by atoms with E-state index in [0.717, 1.165) is 46.2 Å². The van der Waals surface area contributed by atoms with Crippen LogP contribution in [-0.2, 0) is 6.42 Å². The third kappa shape index (κ3) is 4.30. The van der Waals surface area contributed by atoms with Gasteiger partial charge < -0.3 is 15.3 Å². The maximum Gasteiger partial charge on any atom is 0.121 e. The molecule has 158 valence electrons. The van der Waals surface area contributed by atoms with Crippen LogP contribution in [0.15, 0.2) is 36.4 Å². The van der Waals surface area contributed by atoms with Crippen LogP contribution in [0.4, 0.5) is 0 Å². The van der Waals surface area contributed by atoms with Crippen molar-refractivity contribution in [1.29, 1.82) is 0 Å². The van der Waals surface area contributed by atoms with Crippen LogP contribution in [0.25, 0.3) is 0 Å². The van der Waals surface area contributed by atoms with Crippen LogP contribution in [-0.4, -0.2) is 15.3 Å². The molecule has 0 aromatic heterocycles. The van der Waals surface area contributed by atoms with E-state index in [9.17, 15) is 15.3 Å². The Morgan fingerprint density at radius 2 is 0.833 bits per heavy atom. The van der Waals surface area contributed by atoms with Gasteiger partial charge in [-0.05, 0) is 104 Å². The van der Waals surface area contributed by atoms with E-state index in [1.807, 2.05) is 41.5 Å². The highest BCUT2D eigenvalue weighted by molar-refractivity contribution is 5.49. The summed E-state index contributed by atoms with van der Waals surface area (Å²) in [6, 6.07) is 12.4. The minimum atomic E-state index is 0.135. The summed E-state index contributed by atoms with van der Waals surface area (Å²) in [7, 11) is 0. The number of aromatic hydroxyl groups is 3. The zero-order valence-corrected chi connectivity index (χ0v) is 18.8. The Hall–Kier alpha value is -2.94. The maximum atomic E-state index is 10.2. The van der Waals surface area contributed by atoms with E-state index < -0.39 is 0 Å². The Morgan fingerprint density at radius 3 is 1.17 bits per heavy atom. The van der Waals surface area contributed by atoms with Crippen molar-refractivity contribution in [2.45, 2.75) is 60.3 Å². The zero-order chi connectivity index (χ0) is 22.2. The van der Waals surface area contributed by atoms with Gasteiger partial charge in [-0.3, -0.25) is 0 Å². The summed E-state index contributed by atoms with van der Waals surface area (Å²) >= 11 is 0. The van der Waals surface area contributed by atoms with E-state index in [1.165, 1.54) is 16.7 Å². The molecule has 0 saturated carbocycles. The van der Waals surface area contributed by atoms with Crippen molar-refractivity contribution >= 4 is 0 Å². The molecule has 30 heavy (non-hydrogen) atoms. The first kappa shape index (κ1) is 21.8. The van der Waals surface area contributed by atoms with Crippen LogP contribution in [0.5, 0.6) is 17.2 Å². The molecule has 0 heterocycles. The fraction of sp³-hybridized carbons (Fsp3) is 0.333. The molecule has 0 amide bonds. The van der Waals surface area contributed by atoms with E-state index in [0.29, 0.717) is 17.2 Å². The van der Waals surface area contributed by atoms with Gasteiger partial charge in [-0.25, -0.2) is 0 Å². The Kier molecular flexibility index (Phi) is 6.12. The van der Waals surface area contributed by atoms with Gasteiger partial charge in [0.15, 0.2) is 0 Å². The molecule has 3 N–H and O–H groups in total. The average molecular weight is 405 g/mol. The highest BCUT2D eigenvalue weighted by atomic mass is 16.3. The Labute approximate surface area is 179 Å². The molecule has 3 aromatic rings. The summed E-state index contributed by atoms with van der Waals surface area (Å²) in [6.45, 7) is 11.6. The zero-order valence-electron chi connectivity index (χ0n) is 18.8. The van der Waals surface area contributed by atoms with Crippen molar-refractivity contribution < 1.29 is 15.3 Å². The molecule has 0 radical (unpaired) electrons. The van der Waals surface area contributed by atoms with Crippen molar-refractivity contribution in [3.8, 4) is 17.2 Å². The lowest BCUT2D eigenvalue weighted by molar-refractivity contribution is 0.466. The second kappa shape index (κ2) is 8.43. The van der Waals surface area contributed by atoms with Crippen LogP contribution in [0.1, 0.15) is 62.4 Å². The fourth-order valence-corrected chi connectivity index (χ4v) is 4.41. The number of benzene rings is 3. The summed E-state index contributed by atoms with van der Waals surface area (Å²) in [5.41, 5.74) is 8.82. The van der Waals surface area contributed by atoms with Crippen LogP contribution >= 0.6 is 0 Å². The molecule has 3 aromatic carbocycles. The molecule has 0 bridgehead atoms. The highest BCUT2D eigenvalue weighted by Gasteiger charge is 2.19. The van der Waals surface area contributed by atoms with Crippen LogP contribution < -0.4 is 0 Å². The summed E-state index contributed by atoms with van der Waals surface area (Å²) in [5.74, 6) is 1.20. The van der Waals surface area contributed by atoms with Gasteiger partial charge in [-0.2, -0.15) is 0 Å². The summed E-state index contributed by atoms with van der Waals surface area (Å²) < 4.78 is 0. The predicted molar refractivity (Wildman–Crippen MR) is 123 cm³/mol. The second-order valence-electron chi connectivity index (χ2n) is 8.68. The normalized spacial score (nSPS) is 11.3. The van der Waals surface area contributed by atoms with E-state index >= 15 is 0 Å². The molecule has 0 spiro atoms. The lowest BCUT2D eigenvalue weighted by Crippen LogP contribution is -2.06. The molecule has 0 aliphatic heterocycles. The van der Waals surface area contributed by atoms with Gasteiger partial charge in [-0.1, -0.05) is 36.4 Å². The van der Waals surface area contributed by atoms with Gasteiger partial charge in [0.2, 0.25) is 0 Å². The Bertz CT molecular complexity index is 969. The van der Waals surface area contributed by atoms with Crippen molar-refractivity contribution in [3.05, 3.63) is 86.5 Å². The molecule has 3 nitrogen and oxygen atoms in total. The highest BCUT2D eigenvalue weighted by Crippen LogP contribution is 2.37. The first-order valence-electron chi connectivity index (χ1n) is 10.5. The average Bonchev–Trinajstić information content (AvgIpc) is 2.68. The Morgan fingerprint density at radius 1 is 0.533 bits per heavy atom. The van der Waals surface area contributed by atoms with E-state index in [4.69, 9.17) is 0 Å². The molecular weight excluding hydrogens is 372 g/mol. The number of rotatable bonds is 5. The standard InChI is InChI=1S/C27H32O3/c1-15-9-21(10-16(2)25(15)28)7-8-24(22-11-17(3)26(29)18(4)12-22)23-13-19(5)27(30)20(6)14-23/h9-14,24,28-30H,7-8H2,1-6H3. The van der Waals surface area contributed by atoms with E-state index in [2.05, 4.69) is 36.4 Å². The molecule has 0 aliphatic carbocycles. The molecule has 0 saturated heterocycles. The lowest BCUT2D eigenvalue weighted by Gasteiger charge is -2.22. The quantitative estimate of drug-likeness (QED) is 0.460. The molecular formula is C27H32O3. The van der Waals surface area contributed by atoms with Crippen LogP contribution in [0, 0.1) is 41.5 Å². The predicted octanol–water partition coefficient (Wildman–Crippen LogP) is 6.42. The smallest absolute Gasteiger partial charge is 0.121 e. The molecule has 3 rings (SSSR count). The molecule has 0 aliphatic rings. The Balaban J connectivity index is 2.04. The molecule has 0 unspecified atom stereocenters. The lowest BCUT2D eigenvalue weighted by atomic mass is 9.83. The van der Waals surface area contributed by atoms with E-state index in [-0.39, 0.29) is 5.92 Å². The number of hydrogen-bond donors (Lipinski definition) is 3. The van der Waals surface area contributed by atoms with Crippen molar-refractivity contribution in [2.75, 3.05) is 0 Å². The minimum Gasteiger partial charge on any atom is -0.507 e. The number of phenolic OH excluding ortho intramolecular Hbond substituents is 3. The summed E-state index contributed by atoms with van der Waals surface area (Å²) in [6.07, 6.45) is 1.75. The topological polar surface area (TPSA) is 60.7 Å². The third-order valence-corrected chi connectivity index (χ3v) is 6.10. The third-order valence-electron chi connectivity index (χ3n) is 6.10. The van der Waals surface area contributed by atoms with Crippen molar-refractivity contribution in [2.24, 2.45) is 0 Å². The van der Waals surface area contributed by atoms with E-state index in [1.54, 1.807) is 0 Å². The van der Waals surface area contributed by atoms with Gasteiger partial charge in [0.05, 0.1) is 0 Å². The van der Waals surface area contributed by atoms with Gasteiger partial charge >= 0.3 is 0 Å². The largest absolute Gasteiger partial charge is 0.507 e. The number of phenols is 3. The monoisotopic (exact) mass is 404 g/mol. The first-order valence-corrected chi connectivity index (χ1v) is 10.5. The fourth-order valence-electron chi connectivity index (χ4n) is 4.41. The van der Waals surface area contributed by atoms with Gasteiger partial charge in [0.25, 0.3) is 0 Å². The minimum absolute atomic E-state index is 0.135. The first-order chi connectivity index (χ1) is 14.1. The number of hydrogen-bond acceptors (Lipinski definition) is 3.